The maximum absolute atomic E-state index is 6.30. The van der Waals surface area contributed by atoms with Crippen molar-refractivity contribution in [2.24, 2.45) is 0 Å². The summed E-state index contributed by atoms with van der Waals surface area (Å²) in [6, 6.07) is 6.84. The monoisotopic (exact) mass is 291 g/mol. The maximum Gasteiger partial charge on any atom is 0.0834 e. The molecule has 1 N–H and O–H groups in total. The van der Waals surface area contributed by atoms with Gasteiger partial charge in [0.15, 0.2) is 0 Å². The average molecular weight is 292 g/mol. The summed E-state index contributed by atoms with van der Waals surface area (Å²) in [5.74, 6) is 0. The molecule has 0 aliphatic carbocycles. The molecule has 0 saturated heterocycles. The molecule has 108 valence electrons. The van der Waals surface area contributed by atoms with E-state index in [2.05, 4.69) is 49.4 Å². The van der Waals surface area contributed by atoms with Gasteiger partial charge in [0, 0.05) is 6.54 Å². The van der Waals surface area contributed by atoms with Crippen molar-refractivity contribution >= 4 is 11.6 Å². The molecule has 0 bridgehead atoms. The molecule has 2 aromatic rings. The van der Waals surface area contributed by atoms with E-state index in [1.54, 1.807) is 6.20 Å². The lowest BCUT2D eigenvalue weighted by atomic mass is 9.99. The SMILES string of the molecule is CCn1ncc(Cl)c1C(Cc1cc(C)cc(C)c1)NC. The van der Waals surface area contributed by atoms with E-state index in [9.17, 15) is 0 Å². The second-order valence-corrected chi connectivity index (χ2v) is 5.64. The first kappa shape index (κ1) is 15.1. The minimum Gasteiger partial charge on any atom is -0.311 e. The number of rotatable bonds is 5. The summed E-state index contributed by atoms with van der Waals surface area (Å²) in [6.07, 6.45) is 2.64. The highest BCUT2D eigenvalue weighted by atomic mass is 35.5. The predicted molar refractivity (Wildman–Crippen MR) is 84.3 cm³/mol. The van der Waals surface area contributed by atoms with Crippen LogP contribution >= 0.6 is 11.6 Å². The number of nitrogens with zero attached hydrogens (tertiary/aromatic N) is 2. The summed E-state index contributed by atoms with van der Waals surface area (Å²) in [5.41, 5.74) is 4.98. The smallest absolute Gasteiger partial charge is 0.0834 e. The molecule has 0 aliphatic rings. The molecule has 1 unspecified atom stereocenters. The molecule has 0 fully saturated rings. The minimum absolute atomic E-state index is 0.172. The Kier molecular flexibility index (Phi) is 4.84. The van der Waals surface area contributed by atoms with E-state index in [1.165, 1.54) is 16.7 Å². The Morgan fingerprint density at radius 3 is 2.45 bits per heavy atom. The normalized spacial score (nSPS) is 12.7. The number of aryl methyl sites for hydroxylation is 3. The van der Waals surface area contributed by atoms with E-state index in [1.807, 2.05) is 11.7 Å². The van der Waals surface area contributed by atoms with Gasteiger partial charge in [-0.1, -0.05) is 40.9 Å². The third-order valence-electron chi connectivity index (χ3n) is 3.53. The maximum atomic E-state index is 6.30. The van der Waals surface area contributed by atoms with E-state index in [4.69, 9.17) is 11.6 Å². The van der Waals surface area contributed by atoms with Crippen LogP contribution in [0, 0.1) is 13.8 Å². The first-order valence-corrected chi connectivity index (χ1v) is 7.38. The van der Waals surface area contributed by atoms with Crippen molar-refractivity contribution < 1.29 is 0 Å². The van der Waals surface area contributed by atoms with Crippen LogP contribution in [0.2, 0.25) is 5.02 Å². The fourth-order valence-electron chi connectivity index (χ4n) is 2.73. The van der Waals surface area contributed by atoms with Gasteiger partial charge in [0.2, 0.25) is 0 Å². The zero-order chi connectivity index (χ0) is 14.7. The highest BCUT2D eigenvalue weighted by Crippen LogP contribution is 2.26. The van der Waals surface area contributed by atoms with E-state index in [-0.39, 0.29) is 6.04 Å². The van der Waals surface area contributed by atoms with Crippen molar-refractivity contribution in [3.63, 3.8) is 0 Å². The van der Waals surface area contributed by atoms with Crippen LogP contribution < -0.4 is 5.32 Å². The third-order valence-corrected chi connectivity index (χ3v) is 3.82. The second-order valence-electron chi connectivity index (χ2n) is 5.23. The Bertz CT molecular complexity index is 569. The molecule has 0 radical (unpaired) electrons. The highest BCUT2D eigenvalue weighted by Gasteiger charge is 2.19. The van der Waals surface area contributed by atoms with Crippen molar-refractivity contribution in [1.82, 2.24) is 15.1 Å². The Labute approximate surface area is 126 Å². The quantitative estimate of drug-likeness (QED) is 0.911. The number of halogens is 1. The minimum atomic E-state index is 0.172. The van der Waals surface area contributed by atoms with Crippen LogP contribution in [0.25, 0.3) is 0 Å². The number of benzene rings is 1. The Balaban J connectivity index is 2.31. The molecular formula is C16H22ClN3. The number of hydrogen-bond acceptors (Lipinski definition) is 2. The lowest BCUT2D eigenvalue weighted by molar-refractivity contribution is 0.513. The summed E-state index contributed by atoms with van der Waals surface area (Å²) in [6.45, 7) is 7.17. The molecule has 0 aliphatic heterocycles. The molecule has 1 aromatic carbocycles. The van der Waals surface area contributed by atoms with Crippen LogP contribution in [0.3, 0.4) is 0 Å². The Morgan fingerprint density at radius 1 is 1.25 bits per heavy atom. The number of likely N-dealkylation sites (N-methyl/N-ethyl adjacent to an activating group) is 1. The summed E-state index contributed by atoms with van der Waals surface area (Å²) in [7, 11) is 1.97. The van der Waals surface area contributed by atoms with Crippen LogP contribution in [0.15, 0.2) is 24.4 Å². The van der Waals surface area contributed by atoms with Gasteiger partial charge >= 0.3 is 0 Å². The molecule has 3 nitrogen and oxygen atoms in total. The molecule has 1 atom stereocenters. The first-order chi connectivity index (χ1) is 9.55. The van der Waals surface area contributed by atoms with Crippen LogP contribution in [0.4, 0.5) is 0 Å². The van der Waals surface area contributed by atoms with Gasteiger partial charge in [-0.05, 0) is 39.8 Å². The molecule has 20 heavy (non-hydrogen) atoms. The zero-order valence-electron chi connectivity index (χ0n) is 12.6. The third kappa shape index (κ3) is 3.22. The van der Waals surface area contributed by atoms with Crippen molar-refractivity contribution in [1.29, 1.82) is 0 Å². The van der Waals surface area contributed by atoms with Gasteiger partial charge in [-0.15, -0.1) is 0 Å². The van der Waals surface area contributed by atoms with Crippen LogP contribution in [0.1, 0.15) is 35.3 Å². The zero-order valence-corrected chi connectivity index (χ0v) is 13.3. The standard InChI is InChI=1S/C16H22ClN3/c1-5-20-16(14(17)10-19-20)15(18-4)9-13-7-11(2)6-12(3)8-13/h6-8,10,15,18H,5,9H2,1-4H3. The van der Waals surface area contributed by atoms with Gasteiger partial charge in [0.05, 0.1) is 23.0 Å². The lowest BCUT2D eigenvalue weighted by Crippen LogP contribution is -2.22. The Hall–Kier alpha value is -1.32. The number of hydrogen-bond donors (Lipinski definition) is 1. The predicted octanol–water partition coefficient (Wildman–Crippen LogP) is 3.68. The summed E-state index contributed by atoms with van der Waals surface area (Å²) >= 11 is 6.30. The van der Waals surface area contributed by atoms with Gasteiger partial charge in [0.1, 0.15) is 0 Å². The van der Waals surface area contributed by atoms with Crippen LogP contribution in [-0.2, 0) is 13.0 Å². The molecule has 2 rings (SSSR count). The van der Waals surface area contributed by atoms with Crippen molar-refractivity contribution in [3.05, 3.63) is 51.8 Å². The van der Waals surface area contributed by atoms with E-state index < -0.39 is 0 Å². The molecule has 1 aromatic heterocycles. The van der Waals surface area contributed by atoms with E-state index >= 15 is 0 Å². The topological polar surface area (TPSA) is 29.9 Å². The van der Waals surface area contributed by atoms with Gasteiger partial charge in [-0.3, -0.25) is 4.68 Å². The lowest BCUT2D eigenvalue weighted by Gasteiger charge is -2.19. The van der Waals surface area contributed by atoms with Crippen molar-refractivity contribution in [3.8, 4) is 0 Å². The van der Waals surface area contributed by atoms with Crippen LogP contribution in [-0.4, -0.2) is 16.8 Å². The second kappa shape index (κ2) is 6.42. The number of nitrogens with one attached hydrogen (secondary N) is 1. The molecule has 1 heterocycles. The fraction of sp³-hybridized carbons (Fsp3) is 0.438. The van der Waals surface area contributed by atoms with Gasteiger partial charge in [-0.25, -0.2) is 0 Å². The Morgan fingerprint density at radius 2 is 1.90 bits per heavy atom. The average Bonchev–Trinajstić information content (AvgIpc) is 2.76. The van der Waals surface area contributed by atoms with Gasteiger partial charge < -0.3 is 5.32 Å². The largest absolute Gasteiger partial charge is 0.311 e. The summed E-state index contributed by atoms with van der Waals surface area (Å²) in [4.78, 5) is 0. The summed E-state index contributed by atoms with van der Waals surface area (Å²) < 4.78 is 1.96. The van der Waals surface area contributed by atoms with Gasteiger partial charge in [-0.2, -0.15) is 5.10 Å². The van der Waals surface area contributed by atoms with Crippen molar-refractivity contribution in [2.75, 3.05) is 7.05 Å². The van der Waals surface area contributed by atoms with E-state index in [0.717, 1.165) is 23.7 Å². The van der Waals surface area contributed by atoms with E-state index in [0.29, 0.717) is 0 Å². The van der Waals surface area contributed by atoms with Crippen LogP contribution in [0.5, 0.6) is 0 Å². The summed E-state index contributed by atoms with van der Waals surface area (Å²) in [5, 5.41) is 8.42. The number of aromatic nitrogens is 2. The molecule has 0 spiro atoms. The molecular weight excluding hydrogens is 270 g/mol. The molecule has 0 saturated carbocycles. The fourth-order valence-corrected chi connectivity index (χ4v) is 3.00. The van der Waals surface area contributed by atoms with Gasteiger partial charge in [0.25, 0.3) is 0 Å². The molecule has 4 heteroatoms. The van der Waals surface area contributed by atoms with Crippen molar-refractivity contribution in [2.45, 2.75) is 39.8 Å². The molecule has 0 amide bonds. The highest BCUT2D eigenvalue weighted by molar-refractivity contribution is 6.31. The first-order valence-electron chi connectivity index (χ1n) is 7.00.